The van der Waals surface area contributed by atoms with Crippen LogP contribution in [0.5, 0.6) is 0 Å². The van der Waals surface area contributed by atoms with Crippen molar-refractivity contribution in [2.45, 2.75) is 38.1 Å². The first-order valence-electron chi connectivity index (χ1n) is 6.45. The Kier molecular flexibility index (Phi) is 3.58. The van der Waals surface area contributed by atoms with Crippen molar-refractivity contribution in [3.8, 4) is 0 Å². The average molecular weight is 321 g/mol. The molecule has 3 rings (SSSR count). The quantitative estimate of drug-likeness (QED) is 0.583. The highest BCUT2D eigenvalue weighted by atomic mass is 32.2. The molecule has 0 bridgehead atoms. The van der Waals surface area contributed by atoms with Gasteiger partial charge in [-0.25, -0.2) is 9.97 Å². The number of nitrogens with two attached hydrogens (primary N) is 1. The zero-order valence-corrected chi connectivity index (χ0v) is 13.8. The number of fused-ring (bicyclic) bond motifs is 1. The standard InChI is InChI=1S/C13H15N5OS2/c1-5-6(2)20-12-9(5)10(14)16-13(17-12)21-7(3)11-15-8(4)18-19-11/h7H,1-4H3,(H2,14,16,17). The summed E-state index contributed by atoms with van der Waals surface area (Å²) >= 11 is 3.10. The van der Waals surface area contributed by atoms with Crippen molar-refractivity contribution in [1.29, 1.82) is 0 Å². The first-order valence-corrected chi connectivity index (χ1v) is 8.15. The molecule has 1 atom stereocenters. The highest BCUT2D eigenvalue weighted by Crippen LogP contribution is 2.37. The molecule has 0 amide bonds. The predicted octanol–water partition coefficient (Wildman–Crippen LogP) is 3.44. The van der Waals surface area contributed by atoms with Crippen LogP contribution in [-0.4, -0.2) is 20.1 Å². The molecule has 0 saturated carbocycles. The second-order valence-electron chi connectivity index (χ2n) is 4.79. The highest BCUT2D eigenvalue weighted by molar-refractivity contribution is 7.99. The molecule has 0 aliphatic rings. The summed E-state index contributed by atoms with van der Waals surface area (Å²) in [4.78, 5) is 15.4. The maximum absolute atomic E-state index is 6.08. The van der Waals surface area contributed by atoms with E-state index in [2.05, 4.69) is 27.0 Å². The molecule has 3 aromatic rings. The van der Waals surface area contributed by atoms with E-state index in [1.165, 1.54) is 16.6 Å². The van der Waals surface area contributed by atoms with Gasteiger partial charge in [0.15, 0.2) is 11.0 Å². The summed E-state index contributed by atoms with van der Waals surface area (Å²) in [6, 6.07) is 0. The van der Waals surface area contributed by atoms with E-state index in [0.717, 1.165) is 15.8 Å². The van der Waals surface area contributed by atoms with Crippen molar-refractivity contribution in [1.82, 2.24) is 20.1 Å². The summed E-state index contributed by atoms with van der Waals surface area (Å²) in [5.41, 5.74) is 7.24. The van der Waals surface area contributed by atoms with E-state index in [1.54, 1.807) is 18.3 Å². The molecule has 3 heterocycles. The fourth-order valence-electron chi connectivity index (χ4n) is 2.00. The van der Waals surface area contributed by atoms with Crippen LogP contribution in [0.1, 0.15) is 34.3 Å². The number of nitrogens with zero attached hydrogens (tertiary/aromatic N) is 4. The fourth-order valence-corrected chi connectivity index (χ4v) is 3.90. The van der Waals surface area contributed by atoms with Crippen LogP contribution in [0.25, 0.3) is 10.2 Å². The first kappa shape index (κ1) is 14.3. The van der Waals surface area contributed by atoms with Crippen LogP contribution < -0.4 is 5.73 Å². The molecule has 0 aliphatic heterocycles. The Morgan fingerprint density at radius 2 is 1.95 bits per heavy atom. The lowest BCUT2D eigenvalue weighted by atomic mass is 10.2. The Labute approximate surface area is 130 Å². The van der Waals surface area contributed by atoms with Crippen LogP contribution in [0.4, 0.5) is 5.82 Å². The molecular formula is C13H15N5OS2. The molecule has 6 nitrogen and oxygen atoms in total. The van der Waals surface area contributed by atoms with Crippen LogP contribution in [0.3, 0.4) is 0 Å². The number of aromatic nitrogens is 4. The van der Waals surface area contributed by atoms with E-state index in [1.807, 2.05) is 13.8 Å². The second-order valence-corrected chi connectivity index (χ2v) is 7.31. The fraction of sp³-hybridized carbons (Fsp3) is 0.385. The van der Waals surface area contributed by atoms with Gasteiger partial charge in [0.2, 0.25) is 5.89 Å². The third-order valence-electron chi connectivity index (χ3n) is 3.21. The van der Waals surface area contributed by atoms with Crippen molar-refractivity contribution in [2.75, 3.05) is 5.73 Å². The SMILES string of the molecule is Cc1noc(C(C)Sc2nc(N)c3c(C)c(C)sc3n2)n1. The van der Waals surface area contributed by atoms with Gasteiger partial charge in [0.05, 0.1) is 10.6 Å². The minimum absolute atomic E-state index is 0.0230. The van der Waals surface area contributed by atoms with Gasteiger partial charge in [-0.1, -0.05) is 16.9 Å². The largest absolute Gasteiger partial charge is 0.383 e. The van der Waals surface area contributed by atoms with Gasteiger partial charge < -0.3 is 10.3 Å². The molecule has 21 heavy (non-hydrogen) atoms. The Bertz CT molecular complexity index is 810. The molecule has 1 unspecified atom stereocenters. The Hall–Kier alpha value is -1.67. The number of hydrogen-bond donors (Lipinski definition) is 1. The molecule has 0 aliphatic carbocycles. The van der Waals surface area contributed by atoms with Crippen molar-refractivity contribution in [3.63, 3.8) is 0 Å². The molecule has 0 spiro atoms. The van der Waals surface area contributed by atoms with Gasteiger partial charge >= 0.3 is 0 Å². The lowest BCUT2D eigenvalue weighted by Gasteiger charge is -2.06. The van der Waals surface area contributed by atoms with Gasteiger partial charge in [0.25, 0.3) is 0 Å². The zero-order valence-electron chi connectivity index (χ0n) is 12.2. The van der Waals surface area contributed by atoms with Crippen LogP contribution in [0.15, 0.2) is 9.68 Å². The second kappa shape index (κ2) is 5.27. The maximum atomic E-state index is 6.08. The normalized spacial score (nSPS) is 13.0. The third kappa shape index (κ3) is 2.60. The smallest absolute Gasteiger partial charge is 0.239 e. The summed E-state index contributed by atoms with van der Waals surface area (Å²) < 4.78 is 5.17. The van der Waals surface area contributed by atoms with E-state index < -0.39 is 0 Å². The summed E-state index contributed by atoms with van der Waals surface area (Å²) in [7, 11) is 0. The van der Waals surface area contributed by atoms with Gasteiger partial charge in [0.1, 0.15) is 10.6 Å². The van der Waals surface area contributed by atoms with Crippen LogP contribution >= 0.6 is 23.1 Å². The number of anilines is 1. The van der Waals surface area contributed by atoms with Crippen LogP contribution in [0.2, 0.25) is 0 Å². The minimum atomic E-state index is -0.0230. The van der Waals surface area contributed by atoms with Crippen molar-refractivity contribution >= 4 is 39.1 Å². The molecule has 3 aromatic heterocycles. The van der Waals surface area contributed by atoms with E-state index >= 15 is 0 Å². The van der Waals surface area contributed by atoms with Gasteiger partial charge in [-0.2, -0.15) is 4.98 Å². The van der Waals surface area contributed by atoms with E-state index in [0.29, 0.717) is 22.7 Å². The summed E-state index contributed by atoms with van der Waals surface area (Å²) in [5, 5.41) is 5.37. The zero-order chi connectivity index (χ0) is 15.1. The molecule has 0 saturated heterocycles. The summed E-state index contributed by atoms with van der Waals surface area (Å²) in [6.45, 7) is 7.89. The molecule has 110 valence electrons. The van der Waals surface area contributed by atoms with Crippen molar-refractivity contribution in [2.24, 2.45) is 0 Å². The van der Waals surface area contributed by atoms with E-state index in [9.17, 15) is 0 Å². The molecule has 0 radical (unpaired) electrons. The number of thiophene rings is 1. The predicted molar refractivity (Wildman–Crippen MR) is 84.6 cm³/mol. The number of thioether (sulfide) groups is 1. The average Bonchev–Trinajstić information content (AvgIpc) is 2.95. The number of hydrogen-bond acceptors (Lipinski definition) is 8. The maximum Gasteiger partial charge on any atom is 0.239 e. The molecule has 0 fully saturated rings. The van der Waals surface area contributed by atoms with Gasteiger partial charge in [0, 0.05) is 4.88 Å². The summed E-state index contributed by atoms with van der Waals surface area (Å²) in [5.74, 6) is 1.72. The van der Waals surface area contributed by atoms with Crippen molar-refractivity contribution < 1.29 is 4.52 Å². The van der Waals surface area contributed by atoms with Crippen molar-refractivity contribution in [3.05, 3.63) is 22.2 Å². The molecule has 2 N–H and O–H groups in total. The Balaban J connectivity index is 1.94. The first-order chi connectivity index (χ1) is 9.95. The molecular weight excluding hydrogens is 306 g/mol. The highest BCUT2D eigenvalue weighted by Gasteiger charge is 2.18. The van der Waals surface area contributed by atoms with E-state index in [4.69, 9.17) is 10.3 Å². The molecule has 8 heteroatoms. The number of aryl methyl sites for hydroxylation is 3. The molecule has 0 aromatic carbocycles. The number of rotatable bonds is 3. The van der Waals surface area contributed by atoms with Gasteiger partial charge in [-0.05, 0) is 33.3 Å². The Morgan fingerprint density at radius 1 is 1.19 bits per heavy atom. The van der Waals surface area contributed by atoms with Gasteiger partial charge in [-0.3, -0.25) is 0 Å². The van der Waals surface area contributed by atoms with Gasteiger partial charge in [-0.15, -0.1) is 11.3 Å². The van der Waals surface area contributed by atoms with E-state index in [-0.39, 0.29) is 5.25 Å². The third-order valence-corrected chi connectivity index (χ3v) is 5.26. The topological polar surface area (TPSA) is 90.7 Å². The lowest BCUT2D eigenvalue weighted by Crippen LogP contribution is -1.98. The van der Waals surface area contributed by atoms with Crippen LogP contribution in [0, 0.1) is 20.8 Å². The minimum Gasteiger partial charge on any atom is -0.383 e. The lowest BCUT2D eigenvalue weighted by molar-refractivity contribution is 0.376. The summed E-state index contributed by atoms with van der Waals surface area (Å²) in [6.07, 6.45) is 0. The monoisotopic (exact) mass is 321 g/mol. The Morgan fingerprint density at radius 3 is 2.62 bits per heavy atom. The van der Waals surface area contributed by atoms with Crippen LogP contribution in [-0.2, 0) is 0 Å². The number of nitrogen functional groups attached to an aromatic ring is 1.